The quantitative estimate of drug-likeness (QED) is 0.869. The third kappa shape index (κ3) is 2.92. The molecule has 1 atom stereocenters. The van der Waals surface area contributed by atoms with E-state index in [0.29, 0.717) is 0 Å². The van der Waals surface area contributed by atoms with E-state index in [0.717, 1.165) is 30.0 Å². The van der Waals surface area contributed by atoms with Crippen LogP contribution in [-0.4, -0.2) is 26.3 Å². The molecule has 2 aromatic rings. The molecular weight excluding hydrogens is 226 g/mol. The summed E-state index contributed by atoms with van der Waals surface area (Å²) >= 11 is 0. The van der Waals surface area contributed by atoms with Crippen molar-refractivity contribution in [3.05, 3.63) is 41.7 Å². The fraction of sp³-hybridized carbons (Fsp3) is 0.462. The normalized spacial score (nSPS) is 12.6. The summed E-state index contributed by atoms with van der Waals surface area (Å²) in [6, 6.07) is 1.96. The topological polar surface area (TPSA) is 55.6 Å². The number of nitrogens with one attached hydrogen (secondary N) is 1. The number of hydrogen-bond acceptors (Lipinski definition) is 4. The molecule has 0 aliphatic heterocycles. The van der Waals surface area contributed by atoms with E-state index in [9.17, 15) is 0 Å². The van der Waals surface area contributed by atoms with Crippen LogP contribution in [0.2, 0.25) is 0 Å². The van der Waals surface area contributed by atoms with Crippen molar-refractivity contribution in [2.75, 3.05) is 6.54 Å². The van der Waals surface area contributed by atoms with Gasteiger partial charge in [-0.15, -0.1) is 0 Å². The van der Waals surface area contributed by atoms with Crippen molar-refractivity contribution in [1.82, 2.24) is 25.1 Å². The van der Waals surface area contributed by atoms with Crippen molar-refractivity contribution in [2.45, 2.75) is 26.3 Å². The lowest BCUT2D eigenvalue weighted by molar-refractivity contribution is 0.551. The van der Waals surface area contributed by atoms with E-state index in [4.69, 9.17) is 0 Å². The first-order valence-electron chi connectivity index (χ1n) is 6.22. The van der Waals surface area contributed by atoms with Crippen LogP contribution in [0.15, 0.2) is 24.7 Å². The minimum atomic E-state index is -0.0354. The highest BCUT2D eigenvalue weighted by Gasteiger charge is 2.18. The Kier molecular flexibility index (Phi) is 4.04. The first-order valence-corrected chi connectivity index (χ1v) is 6.22. The zero-order valence-corrected chi connectivity index (χ0v) is 11.1. The molecule has 96 valence electrons. The van der Waals surface area contributed by atoms with E-state index in [1.54, 1.807) is 4.68 Å². The van der Waals surface area contributed by atoms with Gasteiger partial charge in [-0.25, -0.2) is 9.97 Å². The van der Waals surface area contributed by atoms with Gasteiger partial charge in [-0.3, -0.25) is 4.68 Å². The van der Waals surface area contributed by atoms with Crippen molar-refractivity contribution in [3.8, 4) is 0 Å². The van der Waals surface area contributed by atoms with Crippen LogP contribution in [0.25, 0.3) is 0 Å². The second-order valence-corrected chi connectivity index (χ2v) is 4.42. The van der Waals surface area contributed by atoms with Gasteiger partial charge in [0, 0.05) is 25.6 Å². The lowest BCUT2D eigenvalue weighted by Crippen LogP contribution is -2.25. The van der Waals surface area contributed by atoms with Crippen LogP contribution >= 0.6 is 0 Å². The highest BCUT2D eigenvalue weighted by Crippen LogP contribution is 2.16. The van der Waals surface area contributed by atoms with Crippen LogP contribution in [0.4, 0.5) is 0 Å². The Labute approximate surface area is 107 Å². The fourth-order valence-corrected chi connectivity index (χ4v) is 1.76. The molecule has 5 nitrogen and oxygen atoms in total. The van der Waals surface area contributed by atoms with Crippen molar-refractivity contribution in [2.24, 2.45) is 7.05 Å². The lowest BCUT2D eigenvalue weighted by atomic mass is 10.2. The molecule has 2 rings (SSSR count). The number of aromatic nitrogens is 4. The van der Waals surface area contributed by atoms with Gasteiger partial charge in [0.05, 0.1) is 5.69 Å². The molecule has 2 heterocycles. The SMILES string of the molecule is CCCNC(c1ccn(C)n1)c1ncc(C)cn1. The van der Waals surface area contributed by atoms with Gasteiger partial charge in [-0.2, -0.15) is 5.10 Å². The Hall–Kier alpha value is -1.75. The standard InChI is InChI=1S/C13H19N5/c1-4-6-14-12(11-5-7-18(3)17-11)13-15-8-10(2)9-16-13/h5,7-9,12,14H,4,6H2,1-3H3. The fourth-order valence-electron chi connectivity index (χ4n) is 1.76. The summed E-state index contributed by atoms with van der Waals surface area (Å²) in [6.07, 6.45) is 6.68. The van der Waals surface area contributed by atoms with Crippen molar-refractivity contribution < 1.29 is 0 Å². The van der Waals surface area contributed by atoms with Crippen molar-refractivity contribution in [1.29, 1.82) is 0 Å². The largest absolute Gasteiger partial charge is 0.302 e. The third-order valence-corrected chi connectivity index (χ3v) is 2.69. The summed E-state index contributed by atoms with van der Waals surface area (Å²) in [5, 5.41) is 7.87. The maximum atomic E-state index is 4.44. The van der Waals surface area contributed by atoms with Crippen LogP contribution < -0.4 is 5.32 Å². The van der Waals surface area contributed by atoms with Gasteiger partial charge in [-0.1, -0.05) is 6.92 Å². The molecule has 0 saturated heterocycles. The lowest BCUT2D eigenvalue weighted by Gasteiger charge is -2.14. The molecule has 2 aromatic heterocycles. The van der Waals surface area contributed by atoms with E-state index in [-0.39, 0.29) is 6.04 Å². The zero-order chi connectivity index (χ0) is 13.0. The molecule has 0 bridgehead atoms. The van der Waals surface area contributed by atoms with Crippen molar-refractivity contribution >= 4 is 0 Å². The molecule has 0 fully saturated rings. The van der Waals surface area contributed by atoms with E-state index in [1.807, 2.05) is 38.6 Å². The summed E-state index contributed by atoms with van der Waals surface area (Å²) in [5.41, 5.74) is 2.02. The molecule has 0 aliphatic carbocycles. The molecule has 1 unspecified atom stereocenters. The predicted octanol–water partition coefficient (Wildman–Crippen LogP) is 1.61. The van der Waals surface area contributed by atoms with Crippen LogP contribution in [0.3, 0.4) is 0 Å². The highest BCUT2D eigenvalue weighted by molar-refractivity contribution is 5.16. The number of rotatable bonds is 5. The van der Waals surface area contributed by atoms with Gasteiger partial charge >= 0.3 is 0 Å². The maximum absolute atomic E-state index is 4.44. The summed E-state index contributed by atoms with van der Waals surface area (Å²) in [5.74, 6) is 0.771. The van der Waals surface area contributed by atoms with Gasteiger partial charge in [0.1, 0.15) is 6.04 Å². The Bertz CT molecular complexity index is 488. The van der Waals surface area contributed by atoms with Crippen LogP contribution in [-0.2, 0) is 7.05 Å². The highest BCUT2D eigenvalue weighted by atomic mass is 15.3. The van der Waals surface area contributed by atoms with E-state index in [2.05, 4.69) is 27.3 Å². The number of hydrogen-bond donors (Lipinski definition) is 1. The van der Waals surface area contributed by atoms with Gasteiger partial charge in [-0.05, 0) is 31.5 Å². The molecule has 0 saturated carbocycles. The molecule has 5 heteroatoms. The smallest absolute Gasteiger partial charge is 0.151 e. The van der Waals surface area contributed by atoms with Gasteiger partial charge < -0.3 is 5.32 Å². The summed E-state index contributed by atoms with van der Waals surface area (Å²) in [7, 11) is 1.91. The van der Waals surface area contributed by atoms with Crippen LogP contribution in [0.5, 0.6) is 0 Å². The summed E-state index contributed by atoms with van der Waals surface area (Å²) in [6.45, 7) is 5.04. The van der Waals surface area contributed by atoms with Gasteiger partial charge in [0.25, 0.3) is 0 Å². The van der Waals surface area contributed by atoms with Gasteiger partial charge in [0.15, 0.2) is 5.82 Å². The molecule has 0 radical (unpaired) electrons. The first kappa shape index (κ1) is 12.7. The summed E-state index contributed by atoms with van der Waals surface area (Å²) in [4.78, 5) is 8.79. The molecule has 18 heavy (non-hydrogen) atoms. The number of aryl methyl sites for hydroxylation is 2. The molecule has 1 N–H and O–H groups in total. The maximum Gasteiger partial charge on any atom is 0.151 e. The average Bonchev–Trinajstić information content (AvgIpc) is 2.78. The monoisotopic (exact) mass is 245 g/mol. The Morgan fingerprint density at radius 2 is 2.06 bits per heavy atom. The Morgan fingerprint density at radius 1 is 1.33 bits per heavy atom. The zero-order valence-electron chi connectivity index (χ0n) is 11.1. The van der Waals surface area contributed by atoms with Crippen LogP contribution in [0, 0.1) is 6.92 Å². The second-order valence-electron chi connectivity index (χ2n) is 4.42. The average molecular weight is 245 g/mol. The summed E-state index contributed by atoms with van der Waals surface area (Å²) < 4.78 is 1.80. The van der Waals surface area contributed by atoms with E-state index < -0.39 is 0 Å². The second kappa shape index (κ2) is 5.73. The predicted molar refractivity (Wildman–Crippen MR) is 70.1 cm³/mol. The molecule has 0 aromatic carbocycles. The van der Waals surface area contributed by atoms with Gasteiger partial charge in [0.2, 0.25) is 0 Å². The minimum absolute atomic E-state index is 0.0354. The van der Waals surface area contributed by atoms with E-state index in [1.165, 1.54) is 0 Å². The van der Waals surface area contributed by atoms with Crippen molar-refractivity contribution in [3.63, 3.8) is 0 Å². The Balaban J connectivity index is 2.27. The minimum Gasteiger partial charge on any atom is -0.302 e. The van der Waals surface area contributed by atoms with E-state index >= 15 is 0 Å². The third-order valence-electron chi connectivity index (χ3n) is 2.69. The molecule has 0 amide bonds. The number of nitrogens with zero attached hydrogens (tertiary/aromatic N) is 4. The van der Waals surface area contributed by atoms with Crippen LogP contribution in [0.1, 0.15) is 36.5 Å². The molecule has 0 spiro atoms. The Morgan fingerprint density at radius 3 is 2.61 bits per heavy atom. The molecular formula is C13H19N5. The first-order chi connectivity index (χ1) is 8.70. The molecule has 0 aliphatic rings.